The summed E-state index contributed by atoms with van der Waals surface area (Å²) in [5.41, 5.74) is 0. The van der Waals surface area contributed by atoms with Crippen molar-refractivity contribution in [1.82, 2.24) is 5.32 Å². The van der Waals surface area contributed by atoms with Crippen LogP contribution in [0.3, 0.4) is 0 Å². The minimum atomic E-state index is 0.705. The van der Waals surface area contributed by atoms with E-state index < -0.39 is 0 Å². The topological polar surface area (TPSA) is 12.0 Å². The second kappa shape index (κ2) is 7.18. The largest absolute Gasteiger partial charge is 0.317 e. The summed E-state index contributed by atoms with van der Waals surface area (Å²) >= 11 is 0. The molecule has 0 bridgehead atoms. The number of nitrogens with one attached hydrogen (secondary N) is 1. The van der Waals surface area contributed by atoms with E-state index in [0.29, 0.717) is 5.92 Å². The van der Waals surface area contributed by atoms with Crippen LogP contribution in [-0.2, 0) is 0 Å². The number of rotatable bonds is 5. The molecule has 70 valence electrons. The molecule has 1 nitrogen and oxygen atoms in total. The Hall–Kier alpha value is -0.480. The number of hydrogen-bond acceptors (Lipinski definition) is 1. The molecule has 0 amide bonds. The van der Waals surface area contributed by atoms with Crippen LogP contribution in [-0.4, -0.2) is 13.1 Å². The highest BCUT2D eigenvalue weighted by molar-refractivity contribution is 4.96. The van der Waals surface area contributed by atoms with Crippen LogP contribution in [0.25, 0.3) is 0 Å². The molecule has 0 aromatic rings. The molecule has 0 rings (SSSR count). The van der Waals surface area contributed by atoms with Gasteiger partial charge in [0.1, 0.15) is 0 Å². The van der Waals surface area contributed by atoms with Gasteiger partial charge in [-0.2, -0.15) is 0 Å². The van der Waals surface area contributed by atoms with E-state index in [2.05, 4.69) is 37.9 Å². The van der Waals surface area contributed by atoms with Gasteiger partial charge in [-0.15, -0.1) is 11.8 Å². The SMILES string of the molecule is CC#CCC(C)C(C)CNCC. The average Bonchev–Trinajstić information content (AvgIpc) is 2.10. The summed E-state index contributed by atoms with van der Waals surface area (Å²) in [6, 6.07) is 0. The van der Waals surface area contributed by atoms with Crippen molar-refractivity contribution in [2.75, 3.05) is 13.1 Å². The molecule has 2 atom stereocenters. The van der Waals surface area contributed by atoms with Gasteiger partial charge in [0.15, 0.2) is 0 Å². The predicted molar refractivity (Wildman–Crippen MR) is 54.9 cm³/mol. The van der Waals surface area contributed by atoms with Crippen molar-refractivity contribution in [3.05, 3.63) is 0 Å². The fraction of sp³-hybridized carbons (Fsp3) is 0.818. The summed E-state index contributed by atoms with van der Waals surface area (Å²) in [6.45, 7) is 10.8. The van der Waals surface area contributed by atoms with Gasteiger partial charge in [0, 0.05) is 6.42 Å². The second-order valence-corrected chi connectivity index (χ2v) is 3.39. The van der Waals surface area contributed by atoms with Crippen LogP contribution in [0, 0.1) is 23.7 Å². The highest BCUT2D eigenvalue weighted by Gasteiger charge is 2.09. The number of hydrogen-bond donors (Lipinski definition) is 1. The Morgan fingerprint density at radius 2 is 1.92 bits per heavy atom. The van der Waals surface area contributed by atoms with E-state index in [1.807, 2.05) is 6.92 Å². The summed E-state index contributed by atoms with van der Waals surface area (Å²) in [5.74, 6) is 7.50. The molecular formula is C11H21N. The third-order valence-corrected chi connectivity index (χ3v) is 2.29. The van der Waals surface area contributed by atoms with Crippen molar-refractivity contribution in [2.45, 2.75) is 34.1 Å². The van der Waals surface area contributed by atoms with E-state index >= 15 is 0 Å². The third-order valence-electron chi connectivity index (χ3n) is 2.29. The Balaban J connectivity index is 3.58. The fourth-order valence-corrected chi connectivity index (χ4v) is 1.04. The molecule has 0 aromatic carbocycles. The fourth-order valence-electron chi connectivity index (χ4n) is 1.04. The first-order chi connectivity index (χ1) is 5.72. The van der Waals surface area contributed by atoms with Crippen LogP contribution in [0.5, 0.6) is 0 Å². The lowest BCUT2D eigenvalue weighted by Gasteiger charge is -2.17. The molecule has 12 heavy (non-hydrogen) atoms. The summed E-state index contributed by atoms with van der Waals surface area (Å²) in [5, 5.41) is 3.36. The molecule has 0 saturated heterocycles. The van der Waals surface area contributed by atoms with E-state index in [0.717, 1.165) is 25.4 Å². The second-order valence-electron chi connectivity index (χ2n) is 3.39. The zero-order valence-electron chi connectivity index (χ0n) is 8.78. The van der Waals surface area contributed by atoms with Gasteiger partial charge in [-0.25, -0.2) is 0 Å². The summed E-state index contributed by atoms with van der Waals surface area (Å²) in [4.78, 5) is 0. The Kier molecular flexibility index (Phi) is 6.90. The zero-order valence-corrected chi connectivity index (χ0v) is 8.78. The van der Waals surface area contributed by atoms with Crippen LogP contribution >= 0.6 is 0 Å². The molecule has 0 saturated carbocycles. The van der Waals surface area contributed by atoms with Gasteiger partial charge in [-0.05, 0) is 31.8 Å². The normalized spacial score (nSPS) is 14.7. The summed E-state index contributed by atoms with van der Waals surface area (Å²) < 4.78 is 0. The Morgan fingerprint density at radius 1 is 1.25 bits per heavy atom. The van der Waals surface area contributed by atoms with Gasteiger partial charge in [-0.1, -0.05) is 20.8 Å². The van der Waals surface area contributed by atoms with E-state index in [4.69, 9.17) is 0 Å². The van der Waals surface area contributed by atoms with Crippen molar-refractivity contribution in [3.63, 3.8) is 0 Å². The maximum Gasteiger partial charge on any atom is 0.0117 e. The quantitative estimate of drug-likeness (QED) is 0.619. The predicted octanol–water partition coefficient (Wildman–Crippen LogP) is 2.28. The molecule has 1 heteroatoms. The Bertz CT molecular complexity index is 152. The van der Waals surface area contributed by atoms with Crippen molar-refractivity contribution in [1.29, 1.82) is 0 Å². The molecule has 0 aliphatic heterocycles. The first-order valence-corrected chi connectivity index (χ1v) is 4.82. The summed E-state index contributed by atoms with van der Waals surface area (Å²) in [6.07, 6.45) is 1.03. The van der Waals surface area contributed by atoms with Gasteiger partial charge in [0.2, 0.25) is 0 Å². The van der Waals surface area contributed by atoms with E-state index in [1.54, 1.807) is 0 Å². The van der Waals surface area contributed by atoms with Crippen LogP contribution < -0.4 is 5.32 Å². The molecule has 2 unspecified atom stereocenters. The Morgan fingerprint density at radius 3 is 2.42 bits per heavy atom. The lowest BCUT2D eigenvalue weighted by atomic mass is 9.93. The van der Waals surface area contributed by atoms with Crippen molar-refractivity contribution in [3.8, 4) is 11.8 Å². The molecule has 0 aliphatic carbocycles. The van der Waals surface area contributed by atoms with Gasteiger partial charge in [-0.3, -0.25) is 0 Å². The van der Waals surface area contributed by atoms with Crippen molar-refractivity contribution >= 4 is 0 Å². The van der Waals surface area contributed by atoms with Crippen LogP contribution in [0.1, 0.15) is 34.1 Å². The third kappa shape index (κ3) is 5.21. The van der Waals surface area contributed by atoms with Crippen LogP contribution in [0.4, 0.5) is 0 Å². The molecule has 1 N–H and O–H groups in total. The molecule has 0 heterocycles. The molecule has 0 fully saturated rings. The molecule has 0 aromatic heterocycles. The first-order valence-electron chi connectivity index (χ1n) is 4.82. The standard InChI is InChI=1S/C11H21N/c1-5-7-8-10(3)11(4)9-12-6-2/h10-12H,6,8-9H2,1-4H3. The first kappa shape index (κ1) is 11.5. The van der Waals surface area contributed by atoms with Crippen LogP contribution in [0.2, 0.25) is 0 Å². The molecule has 0 aliphatic rings. The zero-order chi connectivity index (χ0) is 9.40. The van der Waals surface area contributed by atoms with E-state index in [1.165, 1.54) is 0 Å². The monoisotopic (exact) mass is 167 g/mol. The smallest absolute Gasteiger partial charge is 0.0117 e. The van der Waals surface area contributed by atoms with Gasteiger partial charge < -0.3 is 5.32 Å². The van der Waals surface area contributed by atoms with Crippen LogP contribution in [0.15, 0.2) is 0 Å². The summed E-state index contributed by atoms with van der Waals surface area (Å²) in [7, 11) is 0. The maximum atomic E-state index is 3.36. The van der Waals surface area contributed by atoms with E-state index in [-0.39, 0.29) is 0 Å². The van der Waals surface area contributed by atoms with Gasteiger partial charge in [0.05, 0.1) is 0 Å². The minimum absolute atomic E-state index is 0.705. The molecular weight excluding hydrogens is 146 g/mol. The lowest BCUT2D eigenvalue weighted by molar-refractivity contribution is 0.377. The van der Waals surface area contributed by atoms with E-state index in [9.17, 15) is 0 Å². The van der Waals surface area contributed by atoms with Gasteiger partial charge >= 0.3 is 0 Å². The molecule has 0 radical (unpaired) electrons. The average molecular weight is 167 g/mol. The van der Waals surface area contributed by atoms with Crippen molar-refractivity contribution < 1.29 is 0 Å². The highest BCUT2D eigenvalue weighted by Crippen LogP contribution is 2.12. The minimum Gasteiger partial charge on any atom is -0.317 e. The molecule has 0 spiro atoms. The van der Waals surface area contributed by atoms with Gasteiger partial charge in [0.25, 0.3) is 0 Å². The lowest BCUT2D eigenvalue weighted by Crippen LogP contribution is -2.24. The highest BCUT2D eigenvalue weighted by atomic mass is 14.8. The maximum absolute atomic E-state index is 3.36. The Labute approximate surface area is 76.9 Å². The van der Waals surface area contributed by atoms with Crippen molar-refractivity contribution in [2.24, 2.45) is 11.8 Å².